The third kappa shape index (κ3) is 4.76. The van der Waals surface area contributed by atoms with Crippen LogP contribution >= 0.6 is 66.8 Å². The zero-order chi connectivity index (χ0) is 20.4. The number of hydrogen-bond acceptors (Lipinski definition) is 4. The molecule has 2 aromatic carbocycles. The largest absolute Gasteiger partial charge is 0.486 e. The van der Waals surface area contributed by atoms with Gasteiger partial charge in [0.25, 0.3) is 5.91 Å². The molecule has 0 unspecified atom stereocenters. The van der Waals surface area contributed by atoms with E-state index in [4.69, 9.17) is 27.9 Å². The highest BCUT2D eigenvalue weighted by atomic mass is 79.9. The Hall–Kier alpha value is -0.990. The molecule has 1 aliphatic heterocycles. The van der Waals surface area contributed by atoms with Gasteiger partial charge in [-0.15, -0.1) is 0 Å². The Bertz CT molecular complexity index is 988. The van der Waals surface area contributed by atoms with Crippen molar-refractivity contribution in [3.8, 4) is 5.75 Å². The van der Waals surface area contributed by atoms with E-state index in [0.717, 1.165) is 20.1 Å². The number of carbonyl (C=O) groups is 1. The van der Waals surface area contributed by atoms with E-state index in [-0.39, 0.29) is 5.91 Å². The van der Waals surface area contributed by atoms with Gasteiger partial charge in [-0.25, -0.2) is 0 Å². The van der Waals surface area contributed by atoms with Gasteiger partial charge in [-0.3, -0.25) is 14.7 Å². The molecule has 1 fully saturated rings. The SMILES string of the molecule is CN=C1S/C(=C\c2cc(Br)c(OCc3ccc(Cl)cc3Cl)c(Br)c2)C(=O)N1C. The smallest absolute Gasteiger partial charge is 0.266 e. The van der Waals surface area contributed by atoms with Crippen LogP contribution in [0.3, 0.4) is 0 Å². The third-order valence-electron chi connectivity index (χ3n) is 3.90. The molecule has 3 rings (SSSR count). The van der Waals surface area contributed by atoms with Crippen molar-refractivity contribution < 1.29 is 9.53 Å². The van der Waals surface area contributed by atoms with Crippen LogP contribution in [0.5, 0.6) is 5.75 Å². The molecule has 0 radical (unpaired) electrons. The van der Waals surface area contributed by atoms with Crippen LogP contribution in [0.2, 0.25) is 10.0 Å². The number of rotatable bonds is 4. The van der Waals surface area contributed by atoms with E-state index < -0.39 is 0 Å². The maximum atomic E-state index is 12.3. The van der Waals surface area contributed by atoms with Crippen molar-refractivity contribution >= 4 is 84.0 Å². The number of likely N-dealkylation sites (N-methyl/N-ethyl adjacent to an activating group) is 1. The van der Waals surface area contributed by atoms with Gasteiger partial charge in [-0.1, -0.05) is 29.3 Å². The first-order chi connectivity index (χ1) is 13.3. The Balaban J connectivity index is 1.81. The summed E-state index contributed by atoms with van der Waals surface area (Å²) in [5.41, 5.74) is 1.69. The Labute approximate surface area is 194 Å². The second-order valence-corrected chi connectivity index (χ2v) is 9.38. The number of benzene rings is 2. The zero-order valence-corrected chi connectivity index (χ0v) is 20.3. The summed E-state index contributed by atoms with van der Waals surface area (Å²) >= 11 is 20.6. The molecule has 0 saturated carbocycles. The van der Waals surface area contributed by atoms with Crippen molar-refractivity contribution in [2.75, 3.05) is 14.1 Å². The minimum atomic E-state index is -0.0736. The first kappa shape index (κ1) is 21.7. The molecule has 0 aliphatic carbocycles. The molecule has 0 aromatic heterocycles. The fourth-order valence-corrected chi connectivity index (χ4v) is 5.33. The minimum absolute atomic E-state index is 0.0736. The lowest BCUT2D eigenvalue weighted by Crippen LogP contribution is -2.23. The van der Waals surface area contributed by atoms with Crippen LogP contribution in [0.4, 0.5) is 0 Å². The van der Waals surface area contributed by atoms with E-state index in [1.165, 1.54) is 16.7 Å². The Morgan fingerprint density at radius 3 is 2.46 bits per heavy atom. The van der Waals surface area contributed by atoms with Gasteiger partial charge in [0.15, 0.2) is 5.17 Å². The van der Waals surface area contributed by atoms with Gasteiger partial charge in [0.2, 0.25) is 0 Å². The van der Waals surface area contributed by atoms with Crippen molar-refractivity contribution in [1.29, 1.82) is 0 Å². The monoisotopic (exact) mass is 562 g/mol. The summed E-state index contributed by atoms with van der Waals surface area (Å²) in [6, 6.07) is 9.07. The van der Waals surface area contributed by atoms with Crippen LogP contribution < -0.4 is 4.74 Å². The maximum absolute atomic E-state index is 12.3. The molecule has 1 amide bonds. The summed E-state index contributed by atoms with van der Waals surface area (Å²) < 4.78 is 7.44. The summed E-state index contributed by atoms with van der Waals surface area (Å²) in [6.45, 7) is 0.295. The van der Waals surface area contributed by atoms with Crippen LogP contribution in [0.15, 0.2) is 49.2 Å². The average molecular weight is 565 g/mol. The first-order valence-electron chi connectivity index (χ1n) is 8.00. The molecule has 4 nitrogen and oxygen atoms in total. The molecule has 1 saturated heterocycles. The van der Waals surface area contributed by atoms with Crippen LogP contribution in [0, 0.1) is 0 Å². The highest BCUT2D eigenvalue weighted by Gasteiger charge is 2.29. The summed E-state index contributed by atoms with van der Waals surface area (Å²) in [7, 11) is 3.38. The summed E-state index contributed by atoms with van der Waals surface area (Å²) in [6.07, 6.45) is 1.83. The van der Waals surface area contributed by atoms with Crippen molar-refractivity contribution in [3.05, 3.63) is 65.4 Å². The summed E-state index contributed by atoms with van der Waals surface area (Å²) in [5.74, 6) is 0.571. The lowest BCUT2D eigenvalue weighted by molar-refractivity contribution is -0.121. The number of amidine groups is 1. The van der Waals surface area contributed by atoms with Crippen molar-refractivity contribution in [1.82, 2.24) is 4.90 Å². The predicted octanol–water partition coefficient (Wildman–Crippen LogP) is 6.63. The van der Waals surface area contributed by atoms with E-state index >= 15 is 0 Å². The van der Waals surface area contributed by atoms with Gasteiger partial charge < -0.3 is 4.74 Å². The zero-order valence-electron chi connectivity index (χ0n) is 14.8. The van der Waals surface area contributed by atoms with E-state index in [1.807, 2.05) is 24.3 Å². The van der Waals surface area contributed by atoms with Crippen LogP contribution in [-0.4, -0.2) is 30.1 Å². The van der Waals surface area contributed by atoms with Gasteiger partial charge in [0, 0.05) is 29.7 Å². The molecule has 1 aliphatic rings. The van der Waals surface area contributed by atoms with Gasteiger partial charge in [-0.05, 0) is 79.5 Å². The Kier molecular flexibility index (Phi) is 7.15. The third-order valence-corrected chi connectivity index (χ3v) is 6.82. The highest BCUT2D eigenvalue weighted by molar-refractivity contribution is 9.11. The van der Waals surface area contributed by atoms with Gasteiger partial charge in [-0.2, -0.15) is 0 Å². The van der Waals surface area contributed by atoms with E-state index in [0.29, 0.717) is 32.5 Å². The van der Waals surface area contributed by atoms with Crippen LogP contribution in [0.25, 0.3) is 6.08 Å². The minimum Gasteiger partial charge on any atom is -0.486 e. The molecule has 2 aromatic rings. The summed E-state index contributed by atoms with van der Waals surface area (Å²) in [5, 5.41) is 1.80. The number of thioether (sulfide) groups is 1. The second-order valence-electron chi connectivity index (χ2n) is 5.82. The van der Waals surface area contributed by atoms with Crippen LogP contribution in [-0.2, 0) is 11.4 Å². The second kappa shape index (κ2) is 9.22. The highest BCUT2D eigenvalue weighted by Crippen LogP contribution is 2.38. The fourth-order valence-electron chi connectivity index (χ4n) is 2.49. The van der Waals surface area contributed by atoms with Gasteiger partial charge in [0.1, 0.15) is 12.4 Å². The Morgan fingerprint density at radius 2 is 1.89 bits per heavy atom. The van der Waals surface area contributed by atoms with Gasteiger partial charge in [0.05, 0.1) is 13.9 Å². The van der Waals surface area contributed by atoms with E-state index in [9.17, 15) is 4.79 Å². The normalized spacial score (nSPS) is 17.1. The molecule has 28 heavy (non-hydrogen) atoms. The Morgan fingerprint density at radius 1 is 1.21 bits per heavy atom. The standard InChI is InChI=1S/C19H14Br2Cl2N2O2S/c1-24-19-25(2)18(26)16(28-19)7-10-5-13(20)17(14(21)6-10)27-9-11-3-4-12(22)8-15(11)23/h3-8H,9H2,1-2H3/b16-7-,24-19?. The number of nitrogens with zero attached hydrogens (tertiary/aromatic N) is 2. The lowest BCUT2D eigenvalue weighted by Gasteiger charge is -2.12. The predicted molar refractivity (Wildman–Crippen MR) is 124 cm³/mol. The number of aliphatic imine (C=N–C) groups is 1. The van der Waals surface area contributed by atoms with Crippen molar-refractivity contribution in [3.63, 3.8) is 0 Å². The molecule has 0 spiro atoms. The van der Waals surface area contributed by atoms with Crippen LogP contribution in [0.1, 0.15) is 11.1 Å². The molecular formula is C19H14Br2Cl2N2O2S. The molecule has 0 bridgehead atoms. The number of halogens is 4. The van der Waals surface area contributed by atoms with E-state index in [2.05, 4.69) is 36.9 Å². The quantitative estimate of drug-likeness (QED) is 0.391. The number of hydrogen-bond donors (Lipinski definition) is 0. The maximum Gasteiger partial charge on any atom is 0.266 e. The number of amides is 1. The molecule has 0 N–H and O–H groups in total. The summed E-state index contributed by atoms with van der Waals surface area (Å²) in [4.78, 5) is 18.6. The number of carbonyl (C=O) groups excluding carboxylic acids is 1. The first-order valence-corrected chi connectivity index (χ1v) is 11.2. The lowest BCUT2D eigenvalue weighted by atomic mass is 10.2. The topological polar surface area (TPSA) is 41.9 Å². The molecule has 146 valence electrons. The van der Waals surface area contributed by atoms with Crippen molar-refractivity contribution in [2.45, 2.75) is 6.61 Å². The fraction of sp³-hybridized carbons (Fsp3) is 0.158. The molecular weight excluding hydrogens is 551 g/mol. The van der Waals surface area contributed by atoms with Crippen molar-refractivity contribution in [2.24, 2.45) is 4.99 Å². The molecule has 1 heterocycles. The average Bonchev–Trinajstić information content (AvgIpc) is 2.90. The molecule has 0 atom stereocenters. The molecule has 9 heteroatoms. The number of ether oxygens (including phenoxy) is 1. The van der Waals surface area contributed by atoms with Gasteiger partial charge >= 0.3 is 0 Å². The van der Waals surface area contributed by atoms with E-state index in [1.54, 1.807) is 26.2 Å².